The minimum absolute atomic E-state index is 0.244. The summed E-state index contributed by atoms with van der Waals surface area (Å²) in [5.74, 6) is -1.94. The van der Waals surface area contributed by atoms with Gasteiger partial charge in [-0.1, -0.05) is 25.4 Å². The number of fused-ring (bicyclic) bond motifs is 5. The summed E-state index contributed by atoms with van der Waals surface area (Å²) < 4.78 is 5.24. The normalized spacial score (nSPS) is 28.8. The zero-order chi connectivity index (χ0) is 20.9. The number of carbonyl (C=O) groups is 4. The zero-order valence-electron chi connectivity index (χ0n) is 16.5. The van der Waals surface area contributed by atoms with Crippen molar-refractivity contribution in [3.8, 4) is 0 Å². The van der Waals surface area contributed by atoms with Crippen molar-refractivity contribution in [1.29, 1.82) is 0 Å². The van der Waals surface area contributed by atoms with Gasteiger partial charge in [-0.2, -0.15) is 0 Å². The maximum Gasteiger partial charge on any atom is 0.330 e. The molecule has 1 heterocycles. The number of hydrogen-bond acceptors (Lipinski definition) is 5. The van der Waals surface area contributed by atoms with Crippen LogP contribution in [0.5, 0.6) is 0 Å². The van der Waals surface area contributed by atoms with E-state index in [2.05, 4.69) is 0 Å². The number of amides is 2. The first-order valence-electron chi connectivity index (χ1n) is 10.1. The second-order valence-corrected chi connectivity index (χ2v) is 9.09. The summed E-state index contributed by atoms with van der Waals surface area (Å²) in [5, 5.41) is 0.504. The first-order chi connectivity index (χ1) is 13.8. The average Bonchev–Trinajstić information content (AvgIpc) is 3.36. The van der Waals surface area contributed by atoms with E-state index in [4.69, 9.17) is 16.3 Å². The quantitative estimate of drug-likeness (QED) is 0.403. The van der Waals surface area contributed by atoms with Gasteiger partial charge in [-0.25, -0.2) is 4.79 Å². The average molecular weight is 418 g/mol. The number of ether oxygens (including phenoxy) is 1. The third-order valence-electron chi connectivity index (χ3n) is 6.62. The van der Waals surface area contributed by atoms with Gasteiger partial charge in [0.15, 0.2) is 12.4 Å². The number of imide groups is 1. The van der Waals surface area contributed by atoms with Gasteiger partial charge in [0.25, 0.3) is 0 Å². The highest BCUT2D eigenvalue weighted by Crippen LogP contribution is 2.56. The molecule has 1 saturated heterocycles. The van der Waals surface area contributed by atoms with E-state index in [0.717, 1.165) is 24.2 Å². The third kappa shape index (κ3) is 3.37. The highest BCUT2D eigenvalue weighted by molar-refractivity contribution is 6.30. The molecule has 1 aromatic carbocycles. The molecule has 0 spiro atoms. The molecule has 4 rings (SSSR count). The number of likely N-dealkylation sites (tertiary alicyclic amines) is 1. The summed E-state index contributed by atoms with van der Waals surface area (Å²) in [6.45, 7) is 3.10. The van der Waals surface area contributed by atoms with Gasteiger partial charge in [0.05, 0.1) is 11.8 Å². The van der Waals surface area contributed by atoms with Crippen molar-refractivity contribution in [2.24, 2.45) is 29.6 Å². The third-order valence-corrected chi connectivity index (χ3v) is 6.88. The van der Waals surface area contributed by atoms with E-state index in [-0.39, 0.29) is 47.2 Å². The molecule has 1 aromatic rings. The van der Waals surface area contributed by atoms with Crippen LogP contribution < -0.4 is 0 Å². The molecule has 154 valence electrons. The van der Waals surface area contributed by atoms with Crippen molar-refractivity contribution in [2.45, 2.75) is 39.2 Å². The van der Waals surface area contributed by atoms with Crippen LogP contribution in [0.1, 0.15) is 43.5 Å². The molecular weight excluding hydrogens is 394 g/mol. The van der Waals surface area contributed by atoms with E-state index in [9.17, 15) is 19.2 Å². The van der Waals surface area contributed by atoms with Crippen LogP contribution in [0.25, 0.3) is 0 Å². The maximum atomic E-state index is 13.0. The van der Waals surface area contributed by atoms with Gasteiger partial charge in [-0.05, 0) is 61.3 Å². The molecule has 2 amide bonds. The van der Waals surface area contributed by atoms with Crippen LogP contribution in [-0.2, 0) is 19.1 Å². The Hall–Kier alpha value is -2.21. The molecule has 2 aliphatic carbocycles. The summed E-state index contributed by atoms with van der Waals surface area (Å²) in [7, 11) is 0. The highest BCUT2D eigenvalue weighted by Gasteiger charge is 2.62. The van der Waals surface area contributed by atoms with Crippen molar-refractivity contribution in [3.63, 3.8) is 0 Å². The standard InChI is InChI=1S/C22H24ClNO5/c1-11(2)19(22(28)29-10-16(25)12-5-7-15(23)8-6-12)24-20(26)17-13-3-4-14(9-13)18(17)21(24)27/h5-8,11,13-14,17-19H,3-4,9-10H2,1-2H3/t13-,14-,17+,18+,19+/m1/s1. The fraction of sp³-hybridized carbons (Fsp3) is 0.545. The van der Waals surface area contributed by atoms with E-state index in [0.29, 0.717) is 10.6 Å². The largest absolute Gasteiger partial charge is 0.456 e. The monoisotopic (exact) mass is 417 g/mol. The molecule has 6 nitrogen and oxygen atoms in total. The molecule has 0 aromatic heterocycles. The van der Waals surface area contributed by atoms with Gasteiger partial charge in [0, 0.05) is 10.6 Å². The van der Waals surface area contributed by atoms with Gasteiger partial charge < -0.3 is 4.74 Å². The van der Waals surface area contributed by atoms with E-state index >= 15 is 0 Å². The number of esters is 1. The summed E-state index contributed by atoms with van der Waals surface area (Å²) >= 11 is 5.82. The number of Topliss-reactive ketones (excluding diaryl/α,β-unsaturated/α-hetero) is 1. The van der Waals surface area contributed by atoms with Crippen LogP contribution in [0.2, 0.25) is 5.02 Å². The SMILES string of the molecule is CC(C)[C@@H](C(=O)OCC(=O)c1ccc(Cl)cc1)N1C(=O)[C@H]2[C@@H]3CC[C@H](C3)[C@@H]2C1=O. The first-order valence-corrected chi connectivity index (χ1v) is 10.5. The highest BCUT2D eigenvalue weighted by atomic mass is 35.5. The van der Waals surface area contributed by atoms with Crippen LogP contribution in [-0.4, -0.2) is 41.1 Å². The molecular formula is C22H24ClNO5. The van der Waals surface area contributed by atoms with Crippen molar-refractivity contribution in [1.82, 2.24) is 4.90 Å². The minimum Gasteiger partial charge on any atom is -0.456 e. The second-order valence-electron chi connectivity index (χ2n) is 8.66. The molecule has 2 bridgehead atoms. The van der Waals surface area contributed by atoms with E-state index in [1.807, 2.05) is 0 Å². The molecule has 0 radical (unpaired) electrons. The Morgan fingerprint density at radius 3 is 2.14 bits per heavy atom. The Morgan fingerprint density at radius 2 is 1.62 bits per heavy atom. The molecule has 2 saturated carbocycles. The molecule has 0 unspecified atom stereocenters. The lowest BCUT2D eigenvalue weighted by molar-refractivity contribution is -0.160. The summed E-state index contributed by atoms with van der Waals surface area (Å²) in [6, 6.07) is 5.29. The molecule has 1 aliphatic heterocycles. The molecule has 3 fully saturated rings. The number of nitrogens with zero attached hydrogens (tertiary/aromatic N) is 1. The van der Waals surface area contributed by atoms with Crippen LogP contribution in [0.3, 0.4) is 0 Å². The molecule has 7 heteroatoms. The summed E-state index contributed by atoms with van der Waals surface area (Å²) in [4.78, 5) is 52.3. The van der Waals surface area contributed by atoms with E-state index < -0.39 is 18.6 Å². The van der Waals surface area contributed by atoms with Crippen molar-refractivity contribution >= 4 is 35.2 Å². The number of rotatable bonds is 6. The minimum atomic E-state index is -1.00. The number of hydrogen-bond donors (Lipinski definition) is 0. The zero-order valence-corrected chi connectivity index (χ0v) is 17.2. The van der Waals surface area contributed by atoms with Crippen LogP contribution in [0, 0.1) is 29.6 Å². The van der Waals surface area contributed by atoms with Gasteiger partial charge in [0.2, 0.25) is 11.8 Å². The van der Waals surface area contributed by atoms with Crippen LogP contribution >= 0.6 is 11.6 Å². The van der Waals surface area contributed by atoms with Crippen LogP contribution in [0.4, 0.5) is 0 Å². The Labute approximate surface area is 174 Å². The smallest absolute Gasteiger partial charge is 0.330 e. The lowest BCUT2D eigenvalue weighted by Gasteiger charge is -2.28. The predicted octanol–water partition coefficient (Wildman–Crippen LogP) is 3.12. The van der Waals surface area contributed by atoms with Crippen molar-refractivity contribution in [3.05, 3.63) is 34.9 Å². The summed E-state index contributed by atoms with van der Waals surface area (Å²) in [6.07, 6.45) is 2.89. The van der Waals surface area contributed by atoms with Gasteiger partial charge >= 0.3 is 5.97 Å². The molecule has 5 atom stereocenters. The Morgan fingerprint density at radius 1 is 1.07 bits per heavy atom. The van der Waals surface area contributed by atoms with E-state index in [1.165, 1.54) is 0 Å². The molecule has 3 aliphatic rings. The lowest BCUT2D eigenvalue weighted by atomic mass is 9.81. The Kier molecular flexibility index (Phi) is 5.23. The lowest BCUT2D eigenvalue weighted by Crippen LogP contribution is -2.50. The van der Waals surface area contributed by atoms with Gasteiger partial charge in [-0.3, -0.25) is 19.3 Å². The maximum absolute atomic E-state index is 13.0. The number of halogens is 1. The van der Waals surface area contributed by atoms with Crippen LogP contribution in [0.15, 0.2) is 24.3 Å². The fourth-order valence-corrected chi connectivity index (χ4v) is 5.45. The van der Waals surface area contributed by atoms with Crippen molar-refractivity contribution in [2.75, 3.05) is 6.61 Å². The summed E-state index contributed by atoms with van der Waals surface area (Å²) in [5.41, 5.74) is 0.378. The predicted molar refractivity (Wildman–Crippen MR) is 105 cm³/mol. The topological polar surface area (TPSA) is 80.8 Å². The number of carbonyl (C=O) groups excluding carboxylic acids is 4. The Bertz CT molecular complexity index is 836. The van der Waals surface area contributed by atoms with Crippen molar-refractivity contribution < 1.29 is 23.9 Å². The number of ketones is 1. The molecule has 29 heavy (non-hydrogen) atoms. The first kappa shape index (κ1) is 20.1. The molecule has 0 N–H and O–H groups in total. The Balaban J connectivity index is 1.47. The fourth-order valence-electron chi connectivity index (χ4n) is 5.32. The second kappa shape index (κ2) is 7.56. The van der Waals surface area contributed by atoms with Gasteiger partial charge in [0.1, 0.15) is 6.04 Å². The van der Waals surface area contributed by atoms with Gasteiger partial charge in [-0.15, -0.1) is 0 Å². The number of benzene rings is 1. The van der Waals surface area contributed by atoms with E-state index in [1.54, 1.807) is 38.1 Å².